The fourth-order valence-electron chi connectivity index (χ4n) is 3.24. The van der Waals surface area contributed by atoms with Crippen molar-refractivity contribution in [1.82, 2.24) is 4.90 Å². The van der Waals surface area contributed by atoms with Crippen LogP contribution in [0, 0.1) is 0 Å². The molecule has 21 heavy (non-hydrogen) atoms. The van der Waals surface area contributed by atoms with E-state index in [2.05, 4.69) is 0 Å². The Hall–Kier alpha value is -1.55. The molecule has 1 aromatic rings. The molecule has 0 heterocycles. The number of hydrogen-bond acceptors (Lipinski definition) is 3. The normalized spacial score (nSPS) is 19.0. The van der Waals surface area contributed by atoms with Crippen molar-refractivity contribution in [2.45, 2.75) is 57.5 Å². The molecular weight excluding hydrogens is 264 g/mol. The minimum Gasteiger partial charge on any atom is -0.508 e. The predicted molar refractivity (Wildman–Crippen MR) is 83.9 cm³/mol. The number of rotatable bonds is 4. The number of amides is 1. The van der Waals surface area contributed by atoms with Gasteiger partial charge in [0.25, 0.3) is 0 Å². The highest BCUT2D eigenvalue weighted by molar-refractivity contribution is 5.86. The lowest BCUT2D eigenvalue weighted by atomic mass is 9.81. The summed E-state index contributed by atoms with van der Waals surface area (Å²) in [5, 5.41) is 9.63. The van der Waals surface area contributed by atoms with Crippen LogP contribution in [0.3, 0.4) is 0 Å². The molecule has 1 unspecified atom stereocenters. The van der Waals surface area contributed by atoms with E-state index in [1.165, 1.54) is 6.42 Å². The monoisotopic (exact) mass is 290 g/mol. The van der Waals surface area contributed by atoms with Gasteiger partial charge in [0.15, 0.2) is 0 Å². The number of hydrogen-bond donors (Lipinski definition) is 2. The van der Waals surface area contributed by atoms with Gasteiger partial charge < -0.3 is 15.7 Å². The standard InChI is InChI=1S/C17H26N2O2/c1-3-19(13(2)14-8-7-9-15(20)12-14)16(21)17(18)10-5-4-6-11-17/h7-9,12-13,20H,3-6,10-11,18H2,1-2H3. The van der Waals surface area contributed by atoms with Gasteiger partial charge in [0.05, 0.1) is 11.6 Å². The molecule has 1 fully saturated rings. The Morgan fingerprint density at radius 3 is 2.62 bits per heavy atom. The van der Waals surface area contributed by atoms with E-state index in [0.717, 1.165) is 31.2 Å². The van der Waals surface area contributed by atoms with Crippen LogP contribution in [-0.4, -0.2) is 28.0 Å². The third-order valence-electron chi connectivity index (χ3n) is 4.59. The van der Waals surface area contributed by atoms with Crippen molar-refractivity contribution < 1.29 is 9.90 Å². The molecule has 4 nitrogen and oxygen atoms in total. The summed E-state index contributed by atoms with van der Waals surface area (Å²) in [5.41, 5.74) is 6.61. The van der Waals surface area contributed by atoms with Crippen LogP contribution in [0.2, 0.25) is 0 Å². The third-order valence-corrected chi connectivity index (χ3v) is 4.59. The fraction of sp³-hybridized carbons (Fsp3) is 0.588. The van der Waals surface area contributed by atoms with E-state index in [4.69, 9.17) is 5.73 Å². The molecule has 3 N–H and O–H groups in total. The van der Waals surface area contributed by atoms with E-state index in [9.17, 15) is 9.90 Å². The van der Waals surface area contributed by atoms with Crippen LogP contribution < -0.4 is 5.73 Å². The first-order chi connectivity index (χ1) is 9.98. The summed E-state index contributed by atoms with van der Waals surface area (Å²) >= 11 is 0. The van der Waals surface area contributed by atoms with Crippen LogP contribution in [0.5, 0.6) is 5.75 Å². The minimum atomic E-state index is -0.709. The van der Waals surface area contributed by atoms with Gasteiger partial charge in [-0.05, 0) is 44.4 Å². The zero-order valence-electron chi connectivity index (χ0n) is 13.0. The smallest absolute Gasteiger partial charge is 0.243 e. The van der Waals surface area contributed by atoms with Gasteiger partial charge in [0.1, 0.15) is 5.75 Å². The lowest BCUT2D eigenvalue weighted by Gasteiger charge is -2.39. The molecule has 1 atom stereocenters. The van der Waals surface area contributed by atoms with Crippen molar-refractivity contribution >= 4 is 5.91 Å². The SMILES string of the molecule is CCN(C(=O)C1(N)CCCCC1)C(C)c1cccc(O)c1. The van der Waals surface area contributed by atoms with Crippen molar-refractivity contribution in [1.29, 1.82) is 0 Å². The maximum absolute atomic E-state index is 12.9. The first kappa shape index (κ1) is 15.8. The van der Waals surface area contributed by atoms with Crippen LogP contribution in [0.4, 0.5) is 0 Å². The summed E-state index contributed by atoms with van der Waals surface area (Å²) in [7, 11) is 0. The first-order valence-electron chi connectivity index (χ1n) is 7.87. The van der Waals surface area contributed by atoms with Gasteiger partial charge in [0.2, 0.25) is 5.91 Å². The molecule has 0 radical (unpaired) electrons. The molecule has 1 aliphatic carbocycles. The van der Waals surface area contributed by atoms with E-state index in [1.54, 1.807) is 18.2 Å². The topological polar surface area (TPSA) is 66.6 Å². The van der Waals surface area contributed by atoms with Gasteiger partial charge in [0, 0.05) is 6.54 Å². The Balaban J connectivity index is 2.20. The van der Waals surface area contributed by atoms with Gasteiger partial charge >= 0.3 is 0 Å². The van der Waals surface area contributed by atoms with Crippen molar-refractivity contribution in [3.63, 3.8) is 0 Å². The number of likely N-dealkylation sites (N-methyl/N-ethyl adjacent to an activating group) is 1. The summed E-state index contributed by atoms with van der Waals surface area (Å²) in [6.07, 6.45) is 4.77. The maximum atomic E-state index is 12.9. The van der Waals surface area contributed by atoms with E-state index >= 15 is 0 Å². The summed E-state index contributed by atoms with van der Waals surface area (Å²) in [5.74, 6) is 0.267. The van der Waals surface area contributed by atoms with E-state index in [0.29, 0.717) is 6.54 Å². The highest BCUT2D eigenvalue weighted by atomic mass is 16.3. The quantitative estimate of drug-likeness (QED) is 0.896. The summed E-state index contributed by atoms with van der Waals surface area (Å²) < 4.78 is 0. The maximum Gasteiger partial charge on any atom is 0.243 e. The zero-order chi connectivity index (χ0) is 15.5. The van der Waals surface area contributed by atoms with Crippen molar-refractivity contribution in [3.8, 4) is 5.75 Å². The Morgan fingerprint density at radius 1 is 1.38 bits per heavy atom. The van der Waals surface area contributed by atoms with Crippen molar-refractivity contribution in [3.05, 3.63) is 29.8 Å². The molecule has 0 spiro atoms. The largest absolute Gasteiger partial charge is 0.508 e. The third kappa shape index (κ3) is 3.38. The van der Waals surface area contributed by atoms with Gasteiger partial charge in [-0.1, -0.05) is 31.4 Å². The molecule has 0 bridgehead atoms. The molecular formula is C17H26N2O2. The number of benzene rings is 1. The molecule has 0 saturated heterocycles. The average molecular weight is 290 g/mol. The molecule has 1 amide bonds. The lowest BCUT2D eigenvalue weighted by molar-refractivity contribution is -0.140. The number of nitrogens with zero attached hydrogens (tertiary/aromatic N) is 1. The summed E-state index contributed by atoms with van der Waals surface area (Å²) in [6.45, 7) is 4.58. The molecule has 4 heteroatoms. The van der Waals surface area contributed by atoms with E-state index < -0.39 is 5.54 Å². The van der Waals surface area contributed by atoms with Crippen molar-refractivity contribution in [2.24, 2.45) is 5.73 Å². The second kappa shape index (κ2) is 6.48. The van der Waals surface area contributed by atoms with Gasteiger partial charge in [-0.15, -0.1) is 0 Å². The number of carbonyl (C=O) groups excluding carboxylic acids is 1. The molecule has 1 aliphatic rings. The second-order valence-electron chi connectivity index (χ2n) is 6.08. The van der Waals surface area contributed by atoms with Crippen LogP contribution in [-0.2, 0) is 4.79 Å². The number of aromatic hydroxyl groups is 1. The Labute approximate surface area is 126 Å². The number of phenolic OH excluding ortho intramolecular Hbond substituents is 1. The highest BCUT2D eigenvalue weighted by Crippen LogP contribution is 2.31. The number of nitrogens with two attached hydrogens (primary N) is 1. The van der Waals surface area contributed by atoms with Gasteiger partial charge in [-0.3, -0.25) is 4.79 Å². The average Bonchev–Trinajstić information content (AvgIpc) is 2.48. The molecule has 0 aromatic heterocycles. The molecule has 0 aliphatic heterocycles. The predicted octanol–water partition coefficient (Wildman–Crippen LogP) is 2.96. The minimum absolute atomic E-state index is 0.0422. The number of phenols is 1. The van der Waals surface area contributed by atoms with Crippen LogP contribution in [0.15, 0.2) is 24.3 Å². The first-order valence-corrected chi connectivity index (χ1v) is 7.87. The molecule has 1 aromatic carbocycles. The van der Waals surface area contributed by atoms with Gasteiger partial charge in [-0.2, -0.15) is 0 Å². The second-order valence-corrected chi connectivity index (χ2v) is 6.08. The Kier molecular flexibility index (Phi) is 4.88. The van der Waals surface area contributed by atoms with Crippen molar-refractivity contribution in [2.75, 3.05) is 6.54 Å². The molecule has 116 valence electrons. The summed E-state index contributed by atoms with van der Waals surface area (Å²) in [4.78, 5) is 14.7. The Morgan fingerprint density at radius 2 is 2.05 bits per heavy atom. The van der Waals surface area contributed by atoms with Crippen LogP contribution >= 0.6 is 0 Å². The van der Waals surface area contributed by atoms with E-state index in [-0.39, 0.29) is 17.7 Å². The Bertz CT molecular complexity index is 495. The van der Waals surface area contributed by atoms with Crippen LogP contribution in [0.25, 0.3) is 0 Å². The molecule has 2 rings (SSSR count). The number of carbonyl (C=O) groups is 1. The summed E-state index contributed by atoms with van der Waals surface area (Å²) in [6, 6.07) is 7.00. The van der Waals surface area contributed by atoms with Gasteiger partial charge in [-0.25, -0.2) is 0 Å². The zero-order valence-corrected chi connectivity index (χ0v) is 13.0. The molecule has 1 saturated carbocycles. The fourth-order valence-corrected chi connectivity index (χ4v) is 3.24. The lowest BCUT2D eigenvalue weighted by Crippen LogP contribution is -2.56. The highest BCUT2D eigenvalue weighted by Gasteiger charge is 2.39. The van der Waals surface area contributed by atoms with Crippen LogP contribution in [0.1, 0.15) is 57.6 Å². The van der Waals surface area contributed by atoms with E-state index in [1.807, 2.05) is 24.8 Å².